The van der Waals surface area contributed by atoms with Gasteiger partial charge < -0.3 is 88.7 Å². The molecule has 0 saturated heterocycles. The topological polar surface area (TPSA) is 219 Å². The molecule has 0 aliphatic carbocycles. The smallest absolute Gasteiger partial charge is 0.500 e. The van der Waals surface area contributed by atoms with E-state index in [4.69, 9.17) is 78.5 Å². The maximum absolute atomic E-state index is 9.53. The van der Waals surface area contributed by atoms with Gasteiger partial charge in [0.05, 0.1) is 82.8 Å². The van der Waals surface area contributed by atoms with Crippen molar-refractivity contribution in [3.05, 3.63) is 25.7 Å². The van der Waals surface area contributed by atoms with Crippen molar-refractivity contribution in [2.75, 3.05) is 129 Å². The van der Waals surface area contributed by atoms with Crippen molar-refractivity contribution in [1.29, 1.82) is 0 Å². The number of rotatable bonds is 42. The molecule has 0 aliphatic rings. The Kier molecular flexibility index (Phi) is 45.0. The first-order valence-corrected chi connectivity index (χ1v) is 31.0. The molecule has 0 bridgehead atoms. The first kappa shape index (κ1) is 66.5. The summed E-state index contributed by atoms with van der Waals surface area (Å²) in [4.78, 5) is 0. The molecule has 0 spiro atoms. The van der Waals surface area contributed by atoms with Crippen LogP contribution in [0.3, 0.4) is 0 Å². The number of methoxy groups -OCH3 is 2. The zero-order chi connectivity index (χ0) is 48.5. The summed E-state index contributed by atoms with van der Waals surface area (Å²) in [7, 11) is 0.748. The van der Waals surface area contributed by atoms with Gasteiger partial charge in [0.2, 0.25) is 0 Å². The molecule has 0 aromatic heterocycles. The van der Waals surface area contributed by atoms with Gasteiger partial charge in [-0.1, -0.05) is 13.2 Å². The molecule has 0 radical (unpaired) electrons. The minimum absolute atomic E-state index is 0.224. The van der Waals surface area contributed by atoms with Crippen LogP contribution in [0.2, 0.25) is 37.8 Å². The van der Waals surface area contributed by atoms with Crippen molar-refractivity contribution < 1.29 is 88.7 Å². The predicted molar refractivity (Wildman–Crippen MR) is 251 cm³/mol. The molecule has 380 valence electrons. The van der Waals surface area contributed by atoms with E-state index < -0.39 is 52.8 Å². The van der Waals surface area contributed by atoms with E-state index in [-0.39, 0.29) is 32.5 Å². The lowest BCUT2D eigenvalue weighted by atomic mass is 10.3. The molecule has 23 heteroatoms. The summed E-state index contributed by atoms with van der Waals surface area (Å²) in [6, 6.07) is 2.00. The van der Waals surface area contributed by atoms with Gasteiger partial charge in [-0.15, -0.1) is 0 Å². The van der Waals surface area contributed by atoms with Gasteiger partial charge in [0.25, 0.3) is 0 Å². The van der Waals surface area contributed by atoms with Crippen LogP contribution in [0, 0.1) is 0 Å². The summed E-state index contributed by atoms with van der Waals surface area (Å²) in [5, 5.41) is 33.7. The van der Waals surface area contributed by atoms with Gasteiger partial charge in [-0.25, -0.2) is 0 Å². The first-order chi connectivity index (χ1) is 29.9. The Hall–Kier alpha value is -0.732. The van der Waals surface area contributed by atoms with Gasteiger partial charge in [0.1, 0.15) is 0 Å². The van der Waals surface area contributed by atoms with E-state index >= 15 is 0 Å². The fourth-order valence-electron chi connectivity index (χ4n) is 5.45. The fraction of sp³-hybridized carbons (Fsp3) is 0.900. The van der Waals surface area contributed by atoms with Crippen LogP contribution >= 0.6 is 0 Å². The number of hydrogen-bond acceptors (Lipinski definition) is 19. The van der Waals surface area contributed by atoms with Crippen LogP contribution in [-0.2, 0) is 68.3 Å². The molecule has 7 unspecified atom stereocenters. The third-order valence-corrected chi connectivity index (χ3v) is 20.3. The van der Waals surface area contributed by atoms with Gasteiger partial charge in [0, 0.05) is 88.8 Å². The van der Waals surface area contributed by atoms with E-state index in [9.17, 15) is 10.2 Å². The monoisotopic (exact) mass is 987 g/mol. The molecule has 63 heavy (non-hydrogen) atoms. The van der Waals surface area contributed by atoms with E-state index in [0.717, 1.165) is 44.3 Å². The molecule has 0 aromatic rings. The van der Waals surface area contributed by atoms with Crippen LogP contribution in [0.4, 0.5) is 0 Å². The second-order valence-electron chi connectivity index (χ2n) is 15.0. The molecule has 0 rings (SSSR count). The molecule has 19 nitrogen and oxygen atoms in total. The maximum atomic E-state index is 9.53. The fourth-order valence-corrected chi connectivity index (χ4v) is 12.8. The first-order valence-electron chi connectivity index (χ1n) is 21.5. The van der Waals surface area contributed by atoms with Crippen LogP contribution in [0.5, 0.6) is 0 Å². The lowest BCUT2D eigenvalue weighted by molar-refractivity contribution is -0.0288. The Labute approximate surface area is 384 Å². The molecule has 4 N–H and O–H groups in total. The van der Waals surface area contributed by atoms with Gasteiger partial charge in [-0.05, 0) is 77.7 Å². The zero-order valence-electron chi connectivity index (χ0n) is 40.9. The van der Waals surface area contributed by atoms with Crippen LogP contribution in [0.25, 0.3) is 0 Å². The van der Waals surface area contributed by atoms with Gasteiger partial charge in [-0.3, -0.25) is 0 Å². The minimum atomic E-state index is -3.13. The largest absolute Gasteiger partial charge is 0.516 e. The summed E-state index contributed by atoms with van der Waals surface area (Å²) in [6.07, 6.45) is 3.75. The Morgan fingerprint density at radius 2 is 0.841 bits per heavy atom. The molecule has 7 atom stereocenters. The van der Waals surface area contributed by atoms with Crippen molar-refractivity contribution in [3.8, 4) is 0 Å². The zero-order valence-corrected chi connectivity index (χ0v) is 44.9. The quantitative estimate of drug-likeness (QED) is 0.0353. The van der Waals surface area contributed by atoms with Crippen molar-refractivity contribution in [2.24, 2.45) is 0 Å². The normalized spacial score (nSPS) is 16.5. The highest BCUT2D eigenvalue weighted by molar-refractivity contribution is 6.66. The SMILES string of the molecule is C=CO.C=CO.COCCC[Si](C)(OC)OC(COCCCCOCC(CO[Si](C)(CCCOCC(C)O)OC)O[Si](CCCOCC(C)O)(OC)OC)CO[Si](C)(COC)OC. The molecular weight excluding hydrogens is 897 g/mol. The Morgan fingerprint density at radius 1 is 0.460 bits per heavy atom. The Bertz CT molecular complexity index is 1020. The van der Waals surface area contributed by atoms with Crippen LogP contribution in [-0.4, -0.2) is 208 Å². The Morgan fingerprint density at radius 3 is 1.25 bits per heavy atom. The summed E-state index contributed by atoms with van der Waals surface area (Å²) in [6.45, 7) is 19.5. The molecule has 0 amide bonds. The standard InChI is InChI=1S/C36H82O17Si4.2C2H4O/c1-33(37)26-46-21-16-23-54(10,41-5)50-31-36(53-57(44-8,45-9)25-17-22-47-27-34(2)38)29-49-20-14-13-19-48-28-35(30-51-56(12,43-7)32-40-4)52-55(11,42-6)24-15-18-39-3;2*1-2-3/h33-38H,13-32H2,1-12H3;2*2-3H,1H2. The van der Waals surface area contributed by atoms with Crippen LogP contribution < -0.4 is 0 Å². The average Bonchev–Trinajstić information content (AvgIpc) is 3.25. The molecule has 0 fully saturated rings. The van der Waals surface area contributed by atoms with Gasteiger partial charge in [-0.2, -0.15) is 0 Å². The second-order valence-corrected chi connectivity index (χ2v) is 28.1. The summed E-state index contributed by atoms with van der Waals surface area (Å²) < 4.78 is 89.0. The molecular formula is C40H90O19Si4. The third-order valence-electron chi connectivity index (χ3n) is 9.06. The van der Waals surface area contributed by atoms with Gasteiger partial charge >= 0.3 is 34.5 Å². The number of unbranched alkanes of at least 4 members (excludes halogenated alkanes) is 1. The van der Waals surface area contributed by atoms with E-state index in [0.29, 0.717) is 71.0 Å². The summed E-state index contributed by atoms with van der Waals surface area (Å²) >= 11 is 0. The molecule has 0 saturated carbocycles. The number of hydrogen-bond donors (Lipinski definition) is 4. The highest BCUT2D eigenvalue weighted by atomic mass is 28.4. The predicted octanol–water partition coefficient (Wildman–Crippen LogP) is 5.16. The number of aliphatic hydroxyl groups excluding tert-OH is 4. The lowest BCUT2D eigenvalue weighted by Crippen LogP contribution is -2.50. The van der Waals surface area contributed by atoms with E-state index in [1.165, 1.54) is 0 Å². The summed E-state index contributed by atoms with van der Waals surface area (Å²) in [5.41, 5.74) is 0. The maximum Gasteiger partial charge on any atom is 0.500 e. The van der Waals surface area contributed by atoms with Crippen molar-refractivity contribution in [3.63, 3.8) is 0 Å². The Balaban J connectivity index is -0.00000564. The van der Waals surface area contributed by atoms with E-state index in [1.807, 2.05) is 19.6 Å². The third kappa shape index (κ3) is 38.0. The van der Waals surface area contributed by atoms with Crippen LogP contribution in [0.1, 0.15) is 46.0 Å². The highest BCUT2D eigenvalue weighted by Crippen LogP contribution is 2.23. The van der Waals surface area contributed by atoms with E-state index in [2.05, 4.69) is 13.2 Å². The highest BCUT2D eigenvalue weighted by Gasteiger charge is 2.42. The summed E-state index contributed by atoms with van der Waals surface area (Å²) in [5.74, 6) is 0. The lowest BCUT2D eigenvalue weighted by Gasteiger charge is -2.33. The molecule has 0 aromatic carbocycles. The van der Waals surface area contributed by atoms with Crippen molar-refractivity contribution in [2.45, 2.75) is 108 Å². The molecule has 0 heterocycles. The van der Waals surface area contributed by atoms with Crippen LogP contribution in [0.15, 0.2) is 25.7 Å². The number of aliphatic hydroxyl groups is 4. The molecule has 0 aliphatic heterocycles. The van der Waals surface area contributed by atoms with Crippen molar-refractivity contribution in [1.82, 2.24) is 0 Å². The van der Waals surface area contributed by atoms with E-state index in [1.54, 1.807) is 63.6 Å². The second kappa shape index (κ2) is 42.6. The average molecular weight is 987 g/mol. The van der Waals surface area contributed by atoms with Gasteiger partial charge in [0.15, 0.2) is 0 Å². The minimum Gasteiger partial charge on any atom is -0.516 e. The number of ether oxygens (including phenoxy) is 6. The van der Waals surface area contributed by atoms with Crippen molar-refractivity contribution >= 4 is 34.5 Å².